The van der Waals surface area contributed by atoms with Crippen molar-refractivity contribution >= 4 is 34.8 Å². The summed E-state index contributed by atoms with van der Waals surface area (Å²) in [7, 11) is 0. The van der Waals surface area contributed by atoms with E-state index in [1.165, 1.54) is 6.07 Å². The van der Waals surface area contributed by atoms with Crippen molar-refractivity contribution in [1.82, 2.24) is 15.5 Å². The Morgan fingerprint density at radius 1 is 0.909 bits per heavy atom. The van der Waals surface area contributed by atoms with Crippen molar-refractivity contribution in [2.24, 2.45) is 5.41 Å². The minimum atomic E-state index is -0.854. The SMILES string of the molecule is O=C1CCC(NC(=O)c2cccc(N3CCC4(CCC(N5CCN(c6ccc([N+](=O)[O-])cc6)CC5)CC4)CC3)c2F)C(=O)N1. The van der Waals surface area contributed by atoms with Gasteiger partial charge in [-0.05, 0) is 74.6 Å². The highest BCUT2D eigenvalue weighted by atomic mass is 19.1. The van der Waals surface area contributed by atoms with Crippen LogP contribution in [0.15, 0.2) is 42.5 Å². The van der Waals surface area contributed by atoms with Gasteiger partial charge in [0, 0.05) is 69.6 Å². The normalized spacial score (nSPS) is 23.0. The van der Waals surface area contributed by atoms with Crippen LogP contribution in [0.25, 0.3) is 0 Å². The number of amides is 3. The maximum Gasteiger partial charge on any atom is 0.269 e. The lowest BCUT2D eigenvalue weighted by molar-refractivity contribution is -0.384. The standard InChI is InChI=1S/C32H39FN6O5/c33-29-25(30(41)34-26-8-9-28(40)35-31(26)42)2-1-3-27(29)38-16-14-32(15-17-38)12-10-23(11-13-32)37-20-18-36(19-21-37)22-4-6-24(7-5-22)39(43)44/h1-7,23,26H,8-21H2,(H,34,41)(H,35,40,42). The minimum Gasteiger partial charge on any atom is -0.369 e. The molecule has 234 valence electrons. The van der Waals surface area contributed by atoms with Crippen molar-refractivity contribution in [3.63, 3.8) is 0 Å². The molecule has 2 aromatic carbocycles. The van der Waals surface area contributed by atoms with Gasteiger partial charge in [0.25, 0.3) is 11.6 Å². The number of carbonyl (C=O) groups excluding carboxylic acids is 3. The van der Waals surface area contributed by atoms with Crippen LogP contribution in [0.4, 0.5) is 21.5 Å². The molecule has 3 amide bonds. The molecule has 1 atom stereocenters. The molecule has 0 bridgehead atoms. The van der Waals surface area contributed by atoms with Gasteiger partial charge < -0.3 is 15.1 Å². The fourth-order valence-electron chi connectivity index (χ4n) is 7.44. The number of hydrogen-bond acceptors (Lipinski definition) is 8. The summed E-state index contributed by atoms with van der Waals surface area (Å²) in [6.07, 6.45) is 6.93. The highest BCUT2D eigenvalue weighted by molar-refractivity contribution is 6.04. The van der Waals surface area contributed by atoms with Gasteiger partial charge in [0.1, 0.15) is 6.04 Å². The van der Waals surface area contributed by atoms with E-state index in [4.69, 9.17) is 0 Å². The fourth-order valence-corrected chi connectivity index (χ4v) is 7.44. The van der Waals surface area contributed by atoms with Crippen LogP contribution in [0.3, 0.4) is 0 Å². The van der Waals surface area contributed by atoms with Crippen molar-refractivity contribution in [1.29, 1.82) is 0 Å². The Labute approximate surface area is 255 Å². The van der Waals surface area contributed by atoms with Gasteiger partial charge in [-0.1, -0.05) is 6.07 Å². The zero-order valence-corrected chi connectivity index (χ0v) is 24.8. The van der Waals surface area contributed by atoms with E-state index < -0.39 is 23.7 Å². The number of piperidine rings is 2. The molecule has 1 spiro atoms. The number of hydrogen-bond donors (Lipinski definition) is 2. The van der Waals surface area contributed by atoms with E-state index in [9.17, 15) is 24.5 Å². The molecule has 0 aromatic heterocycles. The molecule has 11 nitrogen and oxygen atoms in total. The van der Waals surface area contributed by atoms with Gasteiger partial charge >= 0.3 is 0 Å². The maximum absolute atomic E-state index is 15.6. The first-order valence-electron chi connectivity index (χ1n) is 15.6. The van der Waals surface area contributed by atoms with E-state index in [1.54, 1.807) is 24.3 Å². The fraction of sp³-hybridized carbons (Fsp3) is 0.531. The van der Waals surface area contributed by atoms with Crippen LogP contribution in [0.2, 0.25) is 0 Å². The largest absolute Gasteiger partial charge is 0.369 e. The zero-order valence-electron chi connectivity index (χ0n) is 24.8. The number of nitrogens with zero attached hydrogens (tertiary/aromatic N) is 4. The predicted molar refractivity (Wildman–Crippen MR) is 163 cm³/mol. The lowest BCUT2D eigenvalue weighted by Crippen LogP contribution is -2.52. The second-order valence-electron chi connectivity index (χ2n) is 12.6. The molecule has 3 aliphatic heterocycles. The monoisotopic (exact) mass is 606 g/mol. The van der Waals surface area contributed by atoms with Crippen molar-refractivity contribution in [2.45, 2.75) is 63.5 Å². The number of carbonyl (C=O) groups is 3. The highest BCUT2D eigenvalue weighted by Gasteiger charge is 2.40. The number of rotatable bonds is 6. The summed E-state index contributed by atoms with van der Waals surface area (Å²) < 4.78 is 15.6. The van der Waals surface area contributed by atoms with Gasteiger partial charge in [-0.15, -0.1) is 0 Å². The maximum atomic E-state index is 15.6. The Morgan fingerprint density at radius 2 is 1.59 bits per heavy atom. The summed E-state index contributed by atoms with van der Waals surface area (Å²) >= 11 is 0. The Morgan fingerprint density at radius 3 is 2.23 bits per heavy atom. The molecule has 1 saturated carbocycles. The Bertz CT molecular complexity index is 1410. The van der Waals surface area contributed by atoms with Gasteiger partial charge in [-0.25, -0.2) is 4.39 Å². The average molecular weight is 607 g/mol. The summed E-state index contributed by atoms with van der Waals surface area (Å²) in [5, 5.41) is 15.7. The second kappa shape index (κ2) is 12.5. The van der Waals surface area contributed by atoms with Gasteiger partial charge in [-0.2, -0.15) is 0 Å². The van der Waals surface area contributed by atoms with Crippen molar-refractivity contribution in [2.75, 3.05) is 49.1 Å². The lowest BCUT2D eigenvalue weighted by Gasteiger charge is -2.49. The molecule has 1 aliphatic carbocycles. The molecule has 4 aliphatic rings. The first-order valence-corrected chi connectivity index (χ1v) is 15.6. The number of non-ortho nitro benzene ring substituents is 1. The molecule has 3 heterocycles. The molecule has 2 N–H and O–H groups in total. The van der Waals surface area contributed by atoms with Crippen LogP contribution in [-0.2, 0) is 9.59 Å². The summed E-state index contributed by atoms with van der Waals surface area (Å²) in [5.74, 6) is -2.17. The van der Waals surface area contributed by atoms with Crippen LogP contribution in [0.1, 0.15) is 61.7 Å². The number of piperazine rings is 1. The average Bonchev–Trinajstić information content (AvgIpc) is 3.03. The van der Waals surface area contributed by atoms with Gasteiger partial charge in [0.2, 0.25) is 11.8 Å². The number of anilines is 2. The molecule has 3 saturated heterocycles. The number of benzene rings is 2. The third kappa shape index (κ3) is 6.26. The van der Waals surface area contributed by atoms with Crippen LogP contribution >= 0.6 is 0 Å². The molecule has 2 aromatic rings. The zero-order chi connectivity index (χ0) is 30.8. The first kappa shape index (κ1) is 30.0. The number of imide groups is 1. The number of nitro benzene ring substituents is 1. The smallest absolute Gasteiger partial charge is 0.269 e. The minimum absolute atomic E-state index is 0.0957. The third-order valence-electron chi connectivity index (χ3n) is 10.2. The molecular weight excluding hydrogens is 567 g/mol. The van der Waals surface area contributed by atoms with E-state index in [2.05, 4.69) is 20.4 Å². The lowest BCUT2D eigenvalue weighted by atomic mass is 9.66. The van der Waals surface area contributed by atoms with Crippen molar-refractivity contribution < 1.29 is 23.7 Å². The molecular formula is C32H39FN6O5. The molecule has 1 unspecified atom stereocenters. The summed E-state index contributed by atoms with van der Waals surface area (Å²) in [6.45, 7) is 5.24. The number of nitro groups is 1. The van der Waals surface area contributed by atoms with Gasteiger partial charge in [0.15, 0.2) is 5.82 Å². The molecule has 12 heteroatoms. The molecule has 0 radical (unpaired) electrons. The quantitative estimate of drug-likeness (QED) is 0.290. The highest BCUT2D eigenvalue weighted by Crippen LogP contribution is 2.46. The van der Waals surface area contributed by atoms with Crippen LogP contribution in [0, 0.1) is 21.3 Å². The van der Waals surface area contributed by atoms with Crippen LogP contribution in [-0.4, -0.2) is 78.9 Å². The van der Waals surface area contributed by atoms with E-state index in [-0.39, 0.29) is 40.3 Å². The Balaban J connectivity index is 0.987. The Kier molecular flexibility index (Phi) is 8.53. The van der Waals surface area contributed by atoms with E-state index in [1.807, 2.05) is 17.0 Å². The predicted octanol–water partition coefficient (Wildman–Crippen LogP) is 3.62. The van der Waals surface area contributed by atoms with E-state index >= 15 is 4.39 Å². The molecule has 4 fully saturated rings. The first-order chi connectivity index (χ1) is 21.2. The van der Waals surface area contributed by atoms with E-state index in [0.717, 1.165) is 83.5 Å². The molecule has 6 rings (SSSR count). The third-order valence-corrected chi connectivity index (χ3v) is 10.2. The number of halogens is 1. The Hall–Kier alpha value is -4.06. The van der Waals surface area contributed by atoms with E-state index in [0.29, 0.717) is 11.7 Å². The van der Waals surface area contributed by atoms with Crippen molar-refractivity contribution in [3.05, 3.63) is 64.0 Å². The van der Waals surface area contributed by atoms with Crippen LogP contribution in [0.5, 0.6) is 0 Å². The summed E-state index contributed by atoms with van der Waals surface area (Å²) in [4.78, 5) is 53.8. The topological polar surface area (TPSA) is 128 Å². The second-order valence-corrected chi connectivity index (χ2v) is 12.6. The number of nitrogens with one attached hydrogen (secondary N) is 2. The van der Waals surface area contributed by atoms with Crippen molar-refractivity contribution in [3.8, 4) is 0 Å². The van der Waals surface area contributed by atoms with Gasteiger partial charge in [0.05, 0.1) is 16.2 Å². The molecule has 44 heavy (non-hydrogen) atoms. The summed E-state index contributed by atoms with van der Waals surface area (Å²) in [6, 6.07) is 11.3. The van der Waals surface area contributed by atoms with Gasteiger partial charge in [-0.3, -0.25) is 34.7 Å². The van der Waals surface area contributed by atoms with Crippen LogP contribution < -0.4 is 20.4 Å². The summed E-state index contributed by atoms with van der Waals surface area (Å²) in [5.41, 5.74) is 1.73.